The monoisotopic (exact) mass is 218 g/mol. The van der Waals surface area contributed by atoms with Gasteiger partial charge in [0, 0.05) is 11.3 Å². The molecule has 0 atom stereocenters. The Kier molecular flexibility index (Phi) is 4.12. The predicted molar refractivity (Wildman–Crippen MR) is 56.4 cm³/mol. The van der Waals surface area contributed by atoms with E-state index in [1.54, 1.807) is 0 Å². The lowest BCUT2D eigenvalue weighted by atomic mass is 9.83. The highest BCUT2D eigenvalue weighted by molar-refractivity contribution is 4.89. The fourth-order valence-corrected chi connectivity index (χ4v) is 1.65. The van der Waals surface area contributed by atoms with Gasteiger partial charge in [-0.15, -0.1) is 0 Å². The average Bonchev–Trinajstić information content (AvgIpc) is 2.29. The summed E-state index contributed by atoms with van der Waals surface area (Å²) in [4.78, 5) is 0. The number of hydrogen-bond donors (Lipinski definition) is 2. The van der Waals surface area contributed by atoms with E-state index < -0.39 is 11.2 Å². The summed E-state index contributed by atoms with van der Waals surface area (Å²) < 4.78 is 11.3. The van der Waals surface area contributed by atoms with Crippen molar-refractivity contribution in [1.82, 2.24) is 0 Å². The Hall–Kier alpha value is -0.160. The number of ether oxygens (including phenoxy) is 2. The van der Waals surface area contributed by atoms with Crippen LogP contribution >= 0.6 is 0 Å². The summed E-state index contributed by atoms with van der Waals surface area (Å²) in [7, 11) is 0. The molecular weight excluding hydrogens is 196 g/mol. The molecule has 1 heterocycles. The van der Waals surface area contributed by atoms with Crippen LogP contribution in [-0.2, 0) is 9.47 Å². The van der Waals surface area contributed by atoms with Crippen molar-refractivity contribution in [3.05, 3.63) is 0 Å². The van der Waals surface area contributed by atoms with Crippen LogP contribution in [-0.4, -0.2) is 42.4 Å². The van der Waals surface area contributed by atoms with Gasteiger partial charge in [-0.3, -0.25) is 0 Å². The van der Waals surface area contributed by atoms with Crippen molar-refractivity contribution in [2.24, 2.45) is 11.3 Å². The Labute approximate surface area is 91.2 Å². The third-order valence-corrected chi connectivity index (χ3v) is 3.32. The molecule has 0 amide bonds. The van der Waals surface area contributed by atoms with E-state index >= 15 is 0 Å². The molecule has 15 heavy (non-hydrogen) atoms. The Morgan fingerprint density at radius 2 is 1.80 bits per heavy atom. The fourth-order valence-electron chi connectivity index (χ4n) is 1.65. The van der Waals surface area contributed by atoms with Crippen LogP contribution in [0.15, 0.2) is 0 Å². The average molecular weight is 218 g/mol. The van der Waals surface area contributed by atoms with Gasteiger partial charge < -0.3 is 19.7 Å². The first-order valence-electron chi connectivity index (χ1n) is 5.51. The van der Waals surface area contributed by atoms with Gasteiger partial charge in [-0.25, -0.2) is 0 Å². The lowest BCUT2D eigenvalue weighted by Gasteiger charge is -2.47. The quantitative estimate of drug-likeness (QED) is 0.731. The van der Waals surface area contributed by atoms with E-state index in [2.05, 4.69) is 6.92 Å². The van der Waals surface area contributed by atoms with Gasteiger partial charge in [0.15, 0.2) is 5.79 Å². The van der Waals surface area contributed by atoms with Gasteiger partial charge >= 0.3 is 0 Å². The Morgan fingerprint density at radius 3 is 2.13 bits per heavy atom. The standard InChI is InChI=1S/C11H22O4/c1-4-9-5-14-11(8-13,15-6-9)10(2,3)7-12/h9,12-13H,4-8H2,1-3H3. The molecule has 1 rings (SSSR count). The molecule has 1 aliphatic heterocycles. The molecule has 4 nitrogen and oxygen atoms in total. The smallest absolute Gasteiger partial charge is 0.198 e. The van der Waals surface area contributed by atoms with Crippen LogP contribution in [0.3, 0.4) is 0 Å². The lowest BCUT2D eigenvalue weighted by molar-refractivity contribution is -0.346. The first-order chi connectivity index (χ1) is 7.01. The van der Waals surface area contributed by atoms with Crippen LogP contribution in [0.4, 0.5) is 0 Å². The van der Waals surface area contributed by atoms with E-state index in [9.17, 15) is 10.2 Å². The molecule has 0 aliphatic carbocycles. The van der Waals surface area contributed by atoms with Gasteiger partial charge in [0.25, 0.3) is 0 Å². The van der Waals surface area contributed by atoms with Gasteiger partial charge in [-0.1, -0.05) is 20.8 Å². The highest BCUT2D eigenvalue weighted by Gasteiger charge is 2.49. The molecule has 0 radical (unpaired) electrons. The maximum absolute atomic E-state index is 9.41. The molecule has 0 bridgehead atoms. The van der Waals surface area contributed by atoms with Gasteiger partial charge in [-0.2, -0.15) is 0 Å². The molecule has 0 unspecified atom stereocenters. The second-order valence-electron chi connectivity index (χ2n) is 4.85. The Bertz CT molecular complexity index is 195. The molecule has 1 saturated heterocycles. The van der Waals surface area contributed by atoms with Crippen molar-refractivity contribution in [2.75, 3.05) is 26.4 Å². The topological polar surface area (TPSA) is 58.9 Å². The summed E-state index contributed by atoms with van der Waals surface area (Å²) in [5.41, 5.74) is -0.597. The van der Waals surface area contributed by atoms with Crippen LogP contribution in [0.5, 0.6) is 0 Å². The first-order valence-corrected chi connectivity index (χ1v) is 5.51. The SMILES string of the molecule is CCC1COC(CO)(C(C)(C)CO)OC1. The second kappa shape index (κ2) is 4.78. The molecule has 90 valence electrons. The molecule has 1 fully saturated rings. The van der Waals surface area contributed by atoms with E-state index in [4.69, 9.17) is 9.47 Å². The summed E-state index contributed by atoms with van der Waals surface area (Å²) in [6, 6.07) is 0. The summed E-state index contributed by atoms with van der Waals surface area (Å²) in [5, 5.41) is 18.7. The Balaban J connectivity index is 2.72. The second-order valence-corrected chi connectivity index (χ2v) is 4.85. The fraction of sp³-hybridized carbons (Fsp3) is 1.00. The van der Waals surface area contributed by atoms with Crippen molar-refractivity contribution in [2.45, 2.75) is 33.0 Å². The molecular formula is C11H22O4. The van der Waals surface area contributed by atoms with Crippen molar-refractivity contribution in [1.29, 1.82) is 0 Å². The van der Waals surface area contributed by atoms with E-state index in [1.807, 2.05) is 13.8 Å². The lowest BCUT2D eigenvalue weighted by Crippen LogP contribution is -2.58. The molecule has 0 aromatic carbocycles. The maximum atomic E-state index is 9.41. The van der Waals surface area contributed by atoms with E-state index in [-0.39, 0.29) is 13.2 Å². The third kappa shape index (κ3) is 2.33. The molecule has 0 saturated carbocycles. The Morgan fingerprint density at radius 1 is 1.27 bits per heavy atom. The van der Waals surface area contributed by atoms with E-state index in [1.165, 1.54) is 0 Å². The van der Waals surface area contributed by atoms with Crippen LogP contribution < -0.4 is 0 Å². The highest BCUT2D eigenvalue weighted by Crippen LogP contribution is 2.38. The van der Waals surface area contributed by atoms with Crippen LogP contribution in [0.2, 0.25) is 0 Å². The molecule has 0 aromatic heterocycles. The minimum atomic E-state index is -1.05. The first kappa shape index (κ1) is 12.9. The molecule has 0 aromatic rings. The minimum absolute atomic E-state index is 0.0790. The van der Waals surface area contributed by atoms with Crippen molar-refractivity contribution < 1.29 is 19.7 Å². The van der Waals surface area contributed by atoms with Crippen LogP contribution in [0.25, 0.3) is 0 Å². The van der Waals surface area contributed by atoms with Gasteiger partial charge in [0.1, 0.15) is 0 Å². The molecule has 4 heteroatoms. The largest absolute Gasteiger partial charge is 0.396 e. The third-order valence-electron chi connectivity index (χ3n) is 3.32. The summed E-state index contributed by atoms with van der Waals surface area (Å²) >= 11 is 0. The summed E-state index contributed by atoms with van der Waals surface area (Å²) in [5.74, 6) is -0.660. The minimum Gasteiger partial charge on any atom is -0.396 e. The summed E-state index contributed by atoms with van der Waals surface area (Å²) in [6.45, 7) is 6.60. The highest BCUT2D eigenvalue weighted by atomic mass is 16.7. The number of aliphatic hydroxyl groups excluding tert-OH is 2. The van der Waals surface area contributed by atoms with Gasteiger partial charge in [0.05, 0.1) is 26.4 Å². The zero-order valence-electron chi connectivity index (χ0n) is 9.82. The molecule has 2 N–H and O–H groups in total. The predicted octanol–water partition coefficient (Wildman–Crippen LogP) is 0.766. The zero-order chi connectivity index (χ0) is 11.5. The number of rotatable bonds is 4. The maximum Gasteiger partial charge on any atom is 0.198 e. The number of hydrogen-bond acceptors (Lipinski definition) is 4. The van der Waals surface area contributed by atoms with Crippen molar-refractivity contribution >= 4 is 0 Å². The van der Waals surface area contributed by atoms with Crippen molar-refractivity contribution in [3.63, 3.8) is 0 Å². The molecule has 0 spiro atoms. The van der Waals surface area contributed by atoms with Crippen LogP contribution in [0.1, 0.15) is 27.2 Å². The van der Waals surface area contributed by atoms with Crippen molar-refractivity contribution in [3.8, 4) is 0 Å². The van der Waals surface area contributed by atoms with E-state index in [0.29, 0.717) is 19.1 Å². The zero-order valence-corrected chi connectivity index (χ0v) is 9.82. The van der Waals surface area contributed by atoms with Crippen LogP contribution in [0, 0.1) is 11.3 Å². The van der Waals surface area contributed by atoms with Gasteiger partial charge in [0.2, 0.25) is 0 Å². The van der Waals surface area contributed by atoms with Gasteiger partial charge in [-0.05, 0) is 6.42 Å². The normalized spacial score (nSPS) is 33.0. The molecule has 1 aliphatic rings. The van der Waals surface area contributed by atoms with E-state index in [0.717, 1.165) is 6.42 Å². The summed E-state index contributed by atoms with van der Waals surface area (Å²) in [6.07, 6.45) is 1.00. The number of aliphatic hydroxyl groups is 2.